The summed E-state index contributed by atoms with van der Waals surface area (Å²) in [7, 11) is 1.55. The molecule has 2 heterocycles. The number of nitrogens with one attached hydrogen (secondary N) is 2. The second kappa shape index (κ2) is 9.25. The van der Waals surface area contributed by atoms with Crippen molar-refractivity contribution in [2.75, 3.05) is 12.4 Å². The van der Waals surface area contributed by atoms with Crippen molar-refractivity contribution >= 4 is 28.8 Å². The van der Waals surface area contributed by atoms with Crippen LogP contribution in [-0.2, 0) is 17.8 Å². The second-order valence-corrected chi connectivity index (χ2v) is 7.19. The number of furan rings is 1. The highest BCUT2D eigenvalue weighted by molar-refractivity contribution is 7.13. The number of hydrogen-bond donors (Lipinski definition) is 2. The van der Waals surface area contributed by atoms with Crippen LogP contribution in [0.15, 0.2) is 47.1 Å². The monoisotopic (exact) mass is 400 g/mol. The van der Waals surface area contributed by atoms with Crippen LogP contribution in [0, 0.1) is 0 Å². The minimum atomic E-state index is -0.386. The number of methoxy groups -OCH3 is 1. The Balaban J connectivity index is 1.60. The lowest BCUT2D eigenvalue weighted by atomic mass is 10.1. The molecule has 1 atom stereocenters. The summed E-state index contributed by atoms with van der Waals surface area (Å²) < 4.78 is 10.3. The molecule has 3 aromatic rings. The minimum Gasteiger partial charge on any atom is -0.469 e. The van der Waals surface area contributed by atoms with Gasteiger partial charge in [-0.15, -0.1) is 10.2 Å². The van der Waals surface area contributed by atoms with Gasteiger partial charge in [0.2, 0.25) is 5.01 Å². The number of carbonyl (C=O) groups is 2. The first-order chi connectivity index (χ1) is 13.5. The fourth-order valence-electron chi connectivity index (χ4n) is 2.54. The first-order valence-electron chi connectivity index (χ1n) is 8.61. The first-order valence-corrected chi connectivity index (χ1v) is 9.43. The molecule has 146 valence electrons. The van der Waals surface area contributed by atoms with Crippen molar-refractivity contribution in [2.24, 2.45) is 0 Å². The average molecular weight is 400 g/mol. The Labute approximate surface area is 165 Å². The molecule has 0 spiro atoms. The summed E-state index contributed by atoms with van der Waals surface area (Å²) in [6.45, 7) is 2.20. The number of hydrogen-bond acceptors (Lipinski definition) is 7. The van der Waals surface area contributed by atoms with Crippen LogP contribution >= 0.6 is 11.3 Å². The van der Waals surface area contributed by atoms with Crippen molar-refractivity contribution in [1.82, 2.24) is 15.5 Å². The molecule has 2 amide bonds. The predicted molar refractivity (Wildman–Crippen MR) is 104 cm³/mol. The number of nitrogens with zero attached hydrogens (tertiary/aromatic N) is 2. The maximum absolute atomic E-state index is 12.5. The standard InChI is InChI=1S/C19H20N4O4S/c1-12(9-15-7-4-8-27-15)20-17(24)13-5-3-6-14(10-13)21-18(25)19-23-22-16(28-19)11-26-2/h3-8,10,12H,9,11H2,1-2H3,(H,20,24)(H,21,25)/t12-/m1/s1. The van der Waals surface area contributed by atoms with Crippen LogP contribution in [0.3, 0.4) is 0 Å². The summed E-state index contributed by atoms with van der Waals surface area (Å²) in [5, 5.41) is 14.2. The quantitative estimate of drug-likeness (QED) is 0.602. The summed E-state index contributed by atoms with van der Waals surface area (Å²) in [5.74, 6) is 0.191. The third-order valence-corrected chi connectivity index (χ3v) is 4.67. The third kappa shape index (κ3) is 5.24. The van der Waals surface area contributed by atoms with Gasteiger partial charge in [0.25, 0.3) is 11.8 Å². The van der Waals surface area contributed by atoms with Gasteiger partial charge >= 0.3 is 0 Å². The number of ether oxygens (including phenoxy) is 1. The lowest BCUT2D eigenvalue weighted by Gasteiger charge is -2.13. The number of benzene rings is 1. The molecule has 0 aliphatic heterocycles. The zero-order valence-electron chi connectivity index (χ0n) is 15.5. The lowest BCUT2D eigenvalue weighted by Crippen LogP contribution is -2.34. The van der Waals surface area contributed by atoms with E-state index in [1.54, 1.807) is 37.6 Å². The van der Waals surface area contributed by atoms with E-state index in [-0.39, 0.29) is 22.9 Å². The molecule has 28 heavy (non-hydrogen) atoms. The SMILES string of the molecule is COCc1nnc(C(=O)Nc2cccc(C(=O)N[C@H](C)Cc3ccco3)c2)s1. The van der Waals surface area contributed by atoms with Crippen LogP contribution < -0.4 is 10.6 Å². The Morgan fingerprint density at radius 2 is 2.07 bits per heavy atom. The molecular formula is C19H20N4O4S. The maximum atomic E-state index is 12.5. The molecular weight excluding hydrogens is 380 g/mol. The molecule has 3 rings (SSSR count). The first kappa shape index (κ1) is 19.7. The molecule has 0 radical (unpaired) electrons. The molecule has 8 nitrogen and oxygen atoms in total. The molecule has 0 saturated carbocycles. The zero-order chi connectivity index (χ0) is 19.9. The second-order valence-electron chi connectivity index (χ2n) is 6.13. The van der Waals surface area contributed by atoms with Crippen LogP contribution in [0.5, 0.6) is 0 Å². The third-order valence-electron chi connectivity index (χ3n) is 3.78. The van der Waals surface area contributed by atoms with Gasteiger partial charge in [-0.25, -0.2) is 0 Å². The summed E-state index contributed by atoms with van der Waals surface area (Å²) in [6, 6.07) is 10.3. The largest absolute Gasteiger partial charge is 0.469 e. The molecule has 9 heteroatoms. The average Bonchev–Trinajstić information content (AvgIpc) is 3.34. The van der Waals surface area contributed by atoms with Gasteiger partial charge in [0, 0.05) is 30.8 Å². The number of amides is 2. The smallest absolute Gasteiger partial charge is 0.286 e. The van der Waals surface area contributed by atoms with Crippen molar-refractivity contribution in [3.63, 3.8) is 0 Å². The van der Waals surface area contributed by atoms with Crippen molar-refractivity contribution in [3.8, 4) is 0 Å². The van der Waals surface area contributed by atoms with E-state index in [9.17, 15) is 9.59 Å². The fraction of sp³-hybridized carbons (Fsp3) is 0.263. The Morgan fingerprint density at radius 1 is 1.21 bits per heavy atom. The van der Waals surface area contributed by atoms with E-state index in [4.69, 9.17) is 9.15 Å². The van der Waals surface area contributed by atoms with Gasteiger partial charge in [0.15, 0.2) is 0 Å². The van der Waals surface area contributed by atoms with Gasteiger partial charge in [-0.1, -0.05) is 17.4 Å². The Kier molecular flexibility index (Phi) is 6.51. The number of anilines is 1. The highest BCUT2D eigenvalue weighted by atomic mass is 32.1. The van der Waals surface area contributed by atoms with Gasteiger partial charge in [-0.2, -0.15) is 0 Å². The number of aromatic nitrogens is 2. The summed E-state index contributed by atoms with van der Waals surface area (Å²) >= 11 is 1.16. The molecule has 0 fully saturated rings. The molecule has 2 aromatic heterocycles. The highest BCUT2D eigenvalue weighted by Crippen LogP contribution is 2.16. The Hall–Kier alpha value is -3.04. The van der Waals surface area contributed by atoms with Crippen molar-refractivity contribution in [3.05, 3.63) is 64.0 Å². The van der Waals surface area contributed by atoms with Gasteiger partial charge in [-0.05, 0) is 37.3 Å². The van der Waals surface area contributed by atoms with Gasteiger partial charge in [-0.3, -0.25) is 9.59 Å². The number of rotatable bonds is 8. The van der Waals surface area contributed by atoms with Crippen LogP contribution in [0.2, 0.25) is 0 Å². The van der Waals surface area contributed by atoms with E-state index < -0.39 is 0 Å². The van der Waals surface area contributed by atoms with Crippen molar-refractivity contribution in [1.29, 1.82) is 0 Å². The van der Waals surface area contributed by atoms with Crippen molar-refractivity contribution < 1.29 is 18.7 Å². The molecule has 0 unspecified atom stereocenters. The summed E-state index contributed by atoms with van der Waals surface area (Å²) in [4.78, 5) is 24.8. The van der Waals surface area contributed by atoms with E-state index in [0.29, 0.717) is 29.3 Å². The van der Waals surface area contributed by atoms with Gasteiger partial charge in [0.05, 0.1) is 12.9 Å². The Bertz CT molecular complexity index is 939. The normalized spacial score (nSPS) is 11.8. The summed E-state index contributed by atoms with van der Waals surface area (Å²) in [6.07, 6.45) is 2.20. The number of carbonyl (C=O) groups excluding carboxylic acids is 2. The predicted octanol–water partition coefficient (Wildman–Crippen LogP) is 2.89. The van der Waals surface area contributed by atoms with E-state index in [0.717, 1.165) is 17.1 Å². The summed E-state index contributed by atoms with van der Waals surface area (Å²) in [5.41, 5.74) is 0.946. The van der Waals surface area contributed by atoms with E-state index >= 15 is 0 Å². The molecule has 0 aliphatic rings. The molecule has 0 bridgehead atoms. The van der Waals surface area contributed by atoms with E-state index in [1.807, 2.05) is 19.1 Å². The van der Waals surface area contributed by atoms with E-state index in [2.05, 4.69) is 20.8 Å². The Morgan fingerprint density at radius 3 is 2.82 bits per heavy atom. The minimum absolute atomic E-state index is 0.0995. The van der Waals surface area contributed by atoms with E-state index in [1.165, 1.54) is 0 Å². The zero-order valence-corrected chi connectivity index (χ0v) is 16.3. The van der Waals surface area contributed by atoms with Crippen LogP contribution in [0.4, 0.5) is 5.69 Å². The van der Waals surface area contributed by atoms with Gasteiger partial charge in [0.1, 0.15) is 10.8 Å². The van der Waals surface area contributed by atoms with Crippen LogP contribution in [0.25, 0.3) is 0 Å². The molecule has 2 N–H and O–H groups in total. The van der Waals surface area contributed by atoms with Crippen LogP contribution in [0.1, 0.15) is 37.9 Å². The van der Waals surface area contributed by atoms with Crippen LogP contribution in [-0.4, -0.2) is 35.2 Å². The fourth-order valence-corrected chi connectivity index (χ4v) is 3.25. The molecule has 1 aromatic carbocycles. The van der Waals surface area contributed by atoms with Gasteiger partial charge < -0.3 is 19.8 Å². The topological polar surface area (TPSA) is 106 Å². The maximum Gasteiger partial charge on any atom is 0.286 e. The highest BCUT2D eigenvalue weighted by Gasteiger charge is 2.15. The molecule has 0 saturated heterocycles. The lowest BCUT2D eigenvalue weighted by molar-refractivity contribution is 0.0938. The van der Waals surface area contributed by atoms with Crippen molar-refractivity contribution in [2.45, 2.75) is 26.0 Å². The molecule has 0 aliphatic carbocycles.